The van der Waals surface area contributed by atoms with Gasteiger partial charge in [0.25, 0.3) is 5.56 Å². The van der Waals surface area contributed by atoms with Crippen LogP contribution in [-0.2, 0) is 6.54 Å². The van der Waals surface area contributed by atoms with Gasteiger partial charge in [0, 0.05) is 17.1 Å². The highest BCUT2D eigenvalue weighted by Gasteiger charge is 2.24. The maximum absolute atomic E-state index is 13.5. The summed E-state index contributed by atoms with van der Waals surface area (Å²) in [4.78, 5) is 18.3. The summed E-state index contributed by atoms with van der Waals surface area (Å²) in [7, 11) is 1.64. The lowest BCUT2D eigenvalue weighted by molar-refractivity contribution is 0.246. The summed E-state index contributed by atoms with van der Waals surface area (Å²) in [5, 5.41) is 1.09. The normalized spacial score (nSPS) is 19.4. The number of fused-ring (bicyclic) bond motifs is 1. The maximum atomic E-state index is 13.5. The summed E-state index contributed by atoms with van der Waals surface area (Å²) in [5.74, 6) is 2.35. The molecule has 2 atom stereocenters. The monoisotopic (exact) mass is 411 g/mol. The van der Waals surface area contributed by atoms with E-state index in [1.165, 1.54) is 6.42 Å². The molecule has 5 nitrogen and oxygen atoms in total. The average molecular weight is 412 g/mol. The zero-order valence-electron chi connectivity index (χ0n) is 16.6. The summed E-state index contributed by atoms with van der Waals surface area (Å²) in [6, 6.07) is 13.0. The van der Waals surface area contributed by atoms with Crippen molar-refractivity contribution in [2.24, 2.45) is 17.6 Å². The number of ether oxygens (including phenoxy) is 1. The third kappa shape index (κ3) is 4.16. The number of hydrogen-bond acceptors (Lipinski definition) is 4. The Labute approximate surface area is 175 Å². The minimum atomic E-state index is -0.0507. The molecule has 1 aromatic heterocycles. The lowest BCUT2D eigenvalue weighted by atomic mass is 9.81. The van der Waals surface area contributed by atoms with E-state index in [4.69, 9.17) is 27.1 Å². The summed E-state index contributed by atoms with van der Waals surface area (Å²) in [5.41, 5.74) is 7.39. The second-order valence-corrected chi connectivity index (χ2v) is 8.32. The molecule has 1 aliphatic carbocycles. The first-order valence-corrected chi connectivity index (χ1v) is 10.5. The molecule has 2 aromatic carbocycles. The van der Waals surface area contributed by atoms with Crippen molar-refractivity contribution in [1.82, 2.24) is 9.55 Å². The van der Waals surface area contributed by atoms with Gasteiger partial charge in [0.15, 0.2) is 0 Å². The lowest BCUT2D eigenvalue weighted by Gasteiger charge is -2.29. The zero-order valence-corrected chi connectivity index (χ0v) is 17.4. The van der Waals surface area contributed by atoms with Gasteiger partial charge in [-0.05, 0) is 68.0 Å². The van der Waals surface area contributed by atoms with Gasteiger partial charge in [0.1, 0.15) is 11.6 Å². The second-order valence-electron chi connectivity index (χ2n) is 7.88. The Kier molecular flexibility index (Phi) is 5.88. The third-order valence-corrected chi connectivity index (χ3v) is 6.14. The molecule has 2 unspecified atom stereocenters. The van der Waals surface area contributed by atoms with Crippen molar-refractivity contribution in [2.75, 3.05) is 13.7 Å². The number of rotatable bonds is 5. The first kappa shape index (κ1) is 19.9. The zero-order chi connectivity index (χ0) is 20.4. The predicted octanol–water partition coefficient (Wildman–Crippen LogP) is 4.49. The van der Waals surface area contributed by atoms with Gasteiger partial charge in [-0.25, -0.2) is 4.98 Å². The molecule has 0 aliphatic heterocycles. The van der Waals surface area contributed by atoms with E-state index in [1.54, 1.807) is 25.3 Å². The molecular formula is C23H26ClN3O2. The van der Waals surface area contributed by atoms with Crippen LogP contribution >= 0.6 is 11.6 Å². The van der Waals surface area contributed by atoms with Crippen LogP contribution in [0.3, 0.4) is 0 Å². The Hall–Kier alpha value is -2.37. The predicted molar refractivity (Wildman–Crippen MR) is 118 cm³/mol. The molecule has 6 heteroatoms. The molecule has 29 heavy (non-hydrogen) atoms. The van der Waals surface area contributed by atoms with Crippen molar-refractivity contribution in [3.05, 3.63) is 57.8 Å². The van der Waals surface area contributed by atoms with Crippen molar-refractivity contribution in [2.45, 2.75) is 32.2 Å². The SMILES string of the molecule is COc1cccc(-c2nc3ccc(Cl)cc3c(=O)n2CC2CCCC(CN)C2)c1. The number of methoxy groups -OCH3 is 1. The number of nitrogens with two attached hydrogens (primary N) is 1. The van der Waals surface area contributed by atoms with Crippen molar-refractivity contribution >= 4 is 22.5 Å². The molecule has 152 valence electrons. The first-order valence-electron chi connectivity index (χ1n) is 10.1. The molecule has 2 N–H and O–H groups in total. The highest BCUT2D eigenvalue weighted by molar-refractivity contribution is 6.31. The lowest BCUT2D eigenvalue weighted by Crippen LogP contribution is -2.30. The van der Waals surface area contributed by atoms with Crippen LogP contribution in [0.15, 0.2) is 47.3 Å². The van der Waals surface area contributed by atoms with E-state index in [9.17, 15) is 4.79 Å². The third-order valence-electron chi connectivity index (χ3n) is 5.91. The van der Waals surface area contributed by atoms with Crippen LogP contribution in [0.1, 0.15) is 25.7 Å². The van der Waals surface area contributed by atoms with Crippen LogP contribution in [0.25, 0.3) is 22.3 Å². The largest absolute Gasteiger partial charge is 0.497 e. The summed E-state index contributed by atoms with van der Waals surface area (Å²) < 4.78 is 7.20. The highest BCUT2D eigenvalue weighted by Crippen LogP contribution is 2.31. The average Bonchev–Trinajstić information content (AvgIpc) is 2.76. The van der Waals surface area contributed by atoms with Crippen LogP contribution in [-0.4, -0.2) is 23.2 Å². The molecule has 0 spiro atoms. The van der Waals surface area contributed by atoms with Gasteiger partial charge in [-0.2, -0.15) is 0 Å². The topological polar surface area (TPSA) is 70.1 Å². The van der Waals surface area contributed by atoms with Crippen molar-refractivity contribution in [3.8, 4) is 17.1 Å². The summed E-state index contributed by atoms with van der Waals surface area (Å²) >= 11 is 6.16. The van der Waals surface area contributed by atoms with E-state index in [0.29, 0.717) is 46.7 Å². The molecule has 0 saturated heterocycles. The van der Waals surface area contributed by atoms with Gasteiger partial charge in [0.2, 0.25) is 0 Å². The standard InChI is InChI=1S/C23H26ClN3O2/c1-29-19-7-3-6-17(11-19)22-26-21-9-8-18(24)12-20(21)23(28)27(22)14-16-5-2-4-15(10-16)13-25/h3,6-9,11-12,15-16H,2,4-5,10,13-14,25H2,1H3. The Balaban J connectivity index is 1.85. The van der Waals surface area contributed by atoms with Crippen molar-refractivity contribution in [1.29, 1.82) is 0 Å². The van der Waals surface area contributed by atoms with E-state index in [2.05, 4.69) is 0 Å². The molecular weight excluding hydrogens is 386 g/mol. The van der Waals surface area contributed by atoms with Crippen molar-refractivity contribution in [3.63, 3.8) is 0 Å². The van der Waals surface area contributed by atoms with E-state index in [0.717, 1.165) is 30.6 Å². The smallest absolute Gasteiger partial charge is 0.261 e. The van der Waals surface area contributed by atoms with Gasteiger partial charge in [-0.1, -0.05) is 30.2 Å². The minimum absolute atomic E-state index is 0.0507. The summed E-state index contributed by atoms with van der Waals surface area (Å²) in [6.45, 7) is 1.34. The Morgan fingerprint density at radius 1 is 1.21 bits per heavy atom. The molecule has 1 heterocycles. The molecule has 3 aromatic rings. The Bertz CT molecular complexity index is 1080. The maximum Gasteiger partial charge on any atom is 0.261 e. The van der Waals surface area contributed by atoms with Gasteiger partial charge in [-0.3, -0.25) is 9.36 Å². The molecule has 0 bridgehead atoms. The van der Waals surface area contributed by atoms with Crippen LogP contribution in [0.5, 0.6) is 5.75 Å². The van der Waals surface area contributed by atoms with Gasteiger partial charge < -0.3 is 10.5 Å². The van der Waals surface area contributed by atoms with Crippen molar-refractivity contribution < 1.29 is 4.74 Å². The number of halogens is 1. The Morgan fingerprint density at radius 2 is 2.03 bits per heavy atom. The fourth-order valence-electron chi connectivity index (χ4n) is 4.39. The van der Waals surface area contributed by atoms with E-state index < -0.39 is 0 Å². The van der Waals surface area contributed by atoms with Gasteiger partial charge >= 0.3 is 0 Å². The molecule has 0 radical (unpaired) electrons. The fourth-order valence-corrected chi connectivity index (χ4v) is 4.56. The van der Waals surface area contributed by atoms with E-state index in [-0.39, 0.29) is 5.56 Å². The minimum Gasteiger partial charge on any atom is -0.497 e. The second kappa shape index (κ2) is 8.56. The Morgan fingerprint density at radius 3 is 2.83 bits per heavy atom. The van der Waals surface area contributed by atoms with Gasteiger partial charge in [0.05, 0.1) is 18.0 Å². The first-order chi connectivity index (χ1) is 14.1. The highest BCUT2D eigenvalue weighted by atomic mass is 35.5. The van der Waals surface area contributed by atoms with Crippen LogP contribution in [0, 0.1) is 11.8 Å². The number of aromatic nitrogens is 2. The number of nitrogens with zero attached hydrogens (tertiary/aromatic N) is 2. The quantitative estimate of drug-likeness (QED) is 0.671. The molecule has 4 rings (SSSR count). The molecule has 1 fully saturated rings. The molecule has 1 saturated carbocycles. The fraction of sp³-hybridized carbons (Fsp3) is 0.391. The molecule has 1 aliphatic rings. The van der Waals surface area contributed by atoms with Crippen LogP contribution in [0.2, 0.25) is 5.02 Å². The molecule has 0 amide bonds. The van der Waals surface area contributed by atoms with E-state index >= 15 is 0 Å². The van der Waals surface area contributed by atoms with Gasteiger partial charge in [-0.15, -0.1) is 0 Å². The van der Waals surface area contributed by atoms with Crippen LogP contribution in [0.4, 0.5) is 0 Å². The summed E-state index contributed by atoms with van der Waals surface area (Å²) in [6.07, 6.45) is 4.49. The van der Waals surface area contributed by atoms with Crippen LogP contribution < -0.4 is 16.0 Å². The van der Waals surface area contributed by atoms with E-state index in [1.807, 2.05) is 28.8 Å². The number of benzene rings is 2. The number of hydrogen-bond donors (Lipinski definition) is 1.